The lowest BCUT2D eigenvalue weighted by molar-refractivity contribution is 0.102. The molecule has 0 unspecified atom stereocenters. The van der Waals surface area contributed by atoms with Crippen LogP contribution in [-0.4, -0.2) is 30.7 Å². The molecule has 4 rings (SSSR count). The topological polar surface area (TPSA) is 77.6 Å². The van der Waals surface area contributed by atoms with E-state index >= 15 is 0 Å². The highest BCUT2D eigenvalue weighted by Crippen LogP contribution is 2.11. The van der Waals surface area contributed by atoms with Crippen molar-refractivity contribution in [1.29, 1.82) is 0 Å². The zero-order chi connectivity index (χ0) is 19.3. The first kappa shape index (κ1) is 17.7. The van der Waals surface area contributed by atoms with Crippen LogP contribution in [0, 0.1) is 6.92 Å². The summed E-state index contributed by atoms with van der Waals surface area (Å²) in [5, 5.41) is 15.4. The smallest absolute Gasteiger partial charge is 0.279 e. The maximum atomic E-state index is 12.6. The second-order valence-electron chi connectivity index (χ2n) is 6.50. The number of nitrogens with one attached hydrogen (secondary N) is 1. The van der Waals surface area contributed by atoms with E-state index in [2.05, 4.69) is 20.7 Å². The summed E-state index contributed by atoms with van der Waals surface area (Å²) in [5.74, 6) is 0.166. The first-order valence-corrected chi connectivity index (χ1v) is 9.02. The van der Waals surface area contributed by atoms with Gasteiger partial charge in [0.15, 0.2) is 11.5 Å². The number of nitrogens with zero attached hydrogens (tertiary/aromatic N) is 5. The molecule has 7 heteroatoms. The Morgan fingerprint density at radius 1 is 0.929 bits per heavy atom. The zero-order valence-corrected chi connectivity index (χ0v) is 15.5. The predicted octanol–water partition coefficient (Wildman–Crippen LogP) is 3.13. The average molecular weight is 372 g/mol. The van der Waals surface area contributed by atoms with Crippen LogP contribution in [0.3, 0.4) is 0 Å². The number of hydrogen-bond donors (Lipinski definition) is 1. The summed E-state index contributed by atoms with van der Waals surface area (Å²) in [6.07, 6.45) is 1.84. The normalized spacial score (nSPS) is 10.8. The van der Waals surface area contributed by atoms with Gasteiger partial charge in [0.25, 0.3) is 5.91 Å². The third-order valence-corrected chi connectivity index (χ3v) is 4.44. The number of hydrogen-bond acceptors (Lipinski definition) is 4. The molecule has 140 valence electrons. The molecule has 0 fully saturated rings. The van der Waals surface area contributed by atoms with E-state index in [1.165, 1.54) is 0 Å². The molecule has 2 aromatic heterocycles. The standard InChI is InChI=1S/C21H20N6O/c1-16-20(23-25-27(16)15-18-10-6-3-7-11-18)21(28)22-19-12-13-26(24-19)14-17-8-4-2-5-9-17/h2-13H,14-15H2,1H3,(H,22,24,28). The molecule has 0 aliphatic heterocycles. The number of carbonyl (C=O) groups excluding carboxylic acids is 1. The van der Waals surface area contributed by atoms with Crippen LogP contribution in [0.1, 0.15) is 27.3 Å². The number of rotatable bonds is 6. The fraction of sp³-hybridized carbons (Fsp3) is 0.143. The highest BCUT2D eigenvalue weighted by atomic mass is 16.2. The van der Waals surface area contributed by atoms with E-state index in [4.69, 9.17) is 0 Å². The van der Waals surface area contributed by atoms with E-state index in [-0.39, 0.29) is 5.91 Å². The molecule has 2 heterocycles. The molecule has 0 atom stereocenters. The molecule has 0 spiro atoms. The van der Waals surface area contributed by atoms with Crippen molar-refractivity contribution in [1.82, 2.24) is 24.8 Å². The van der Waals surface area contributed by atoms with Gasteiger partial charge in [0.2, 0.25) is 0 Å². The first-order chi connectivity index (χ1) is 13.7. The molecule has 0 aliphatic rings. The maximum absolute atomic E-state index is 12.6. The van der Waals surface area contributed by atoms with Gasteiger partial charge in [0, 0.05) is 12.3 Å². The number of carbonyl (C=O) groups is 1. The van der Waals surface area contributed by atoms with E-state index in [0.717, 1.165) is 11.1 Å². The lowest BCUT2D eigenvalue weighted by Gasteiger charge is -2.04. The lowest BCUT2D eigenvalue weighted by Crippen LogP contribution is -2.15. The molecule has 2 aromatic carbocycles. The monoisotopic (exact) mass is 372 g/mol. The Morgan fingerprint density at radius 2 is 1.57 bits per heavy atom. The van der Waals surface area contributed by atoms with E-state index in [1.54, 1.807) is 15.4 Å². The number of aromatic nitrogens is 5. The van der Waals surface area contributed by atoms with Crippen LogP contribution >= 0.6 is 0 Å². The minimum atomic E-state index is -0.318. The van der Waals surface area contributed by atoms with Crippen LogP contribution in [0.15, 0.2) is 72.9 Å². The molecule has 1 N–H and O–H groups in total. The zero-order valence-electron chi connectivity index (χ0n) is 15.5. The van der Waals surface area contributed by atoms with Gasteiger partial charge in [-0.3, -0.25) is 9.48 Å². The molecule has 0 bridgehead atoms. The van der Waals surface area contributed by atoms with E-state index in [1.807, 2.05) is 73.8 Å². The third kappa shape index (κ3) is 3.98. The van der Waals surface area contributed by atoms with E-state index in [0.29, 0.717) is 30.3 Å². The van der Waals surface area contributed by atoms with Gasteiger partial charge in [-0.1, -0.05) is 65.9 Å². The molecular weight excluding hydrogens is 352 g/mol. The minimum absolute atomic E-state index is 0.300. The van der Waals surface area contributed by atoms with Gasteiger partial charge in [-0.05, 0) is 18.1 Å². The van der Waals surface area contributed by atoms with Crippen molar-refractivity contribution < 1.29 is 4.79 Å². The van der Waals surface area contributed by atoms with Gasteiger partial charge in [0.1, 0.15) is 0 Å². The van der Waals surface area contributed by atoms with Crippen molar-refractivity contribution >= 4 is 11.7 Å². The summed E-state index contributed by atoms with van der Waals surface area (Å²) in [6, 6.07) is 21.7. The quantitative estimate of drug-likeness (QED) is 0.564. The third-order valence-electron chi connectivity index (χ3n) is 4.44. The molecule has 4 aromatic rings. The molecular formula is C21H20N6O. The molecule has 0 radical (unpaired) electrons. The van der Waals surface area contributed by atoms with Crippen molar-refractivity contribution in [3.05, 3.63) is 95.4 Å². The van der Waals surface area contributed by atoms with Gasteiger partial charge in [-0.25, -0.2) is 4.68 Å². The van der Waals surface area contributed by atoms with Gasteiger partial charge >= 0.3 is 0 Å². The molecule has 28 heavy (non-hydrogen) atoms. The first-order valence-electron chi connectivity index (χ1n) is 9.02. The second-order valence-corrected chi connectivity index (χ2v) is 6.50. The Bertz CT molecular complexity index is 1070. The van der Waals surface area contributed by atoms with Crippen molar-refractivity contribution in [2.75, 3.05) is 5.32 Å². The Hall–Kier alpha value is -3.74. The summed E-state index contributed by atoms with van der Waals surface area (Å²) in [6.45, 7) is 3.05. The highest BCUT2D eigenvalue weighted by Gasteiger charge is 2.17. The average Bonchev–Trinajstić information content (AvgIpc) is 3.30. The van der Waals surface area contributed by atoms with E-state index < -0.39 is 0 Å². The number of anilines is 1. The highest BCUT2D eigenvalue weighted by molar-refractivity contribution is 6.02. The lowest BCUT2D eigenvalue weighted by atomic mass is 10.2. The minimum Gasteiger partial charge on any atom is -0.304 e. The summed E-state index contributed by atoms with van der Waals surface area (Å²) in [5.41, 5.74) is 3.25. The van der Waals surface area contributed by atoms with Crippen molar-refractivity contribution in [2.24, 2.45) is 0 Å². The van der Waals surface area contributed by atoms with Crippen LogP contribution in [-0.2, 0) is 13.1 Å². The Balaban J connectivity index is 1.43. The van der Waals surface area contributed by atoms with Crippen LogP contribution in [0.5, 0.6) is 0 Å². The fourth-order valence-corrected chi connectivity index (χ4v) is 2.94. The maximum Gasteiger partial charge on any atom is 0.279 e. The summed E-state index contributed by atoms with van der Waals surface area (Å²) < 4.78 is 3.50. The Kier molecular flexibility index (Phi) is 4.97. The number of amides is 1. The summed E-state index contributed by atoms with van der Waals surface area (Å²) in [7, 11) is 0. The molecule has 0 saturated heterocycles. The van der Waals surface area contributed by atoms with Crippen LogP contribution in [0.25, 0.3) is 0 Å². The summed E-state index contributed by atoms with van der Waals surface area (Å²) in [4.78, 5) is 12.6. The molecule has 0 aliphatic carbocycles. The largest absolute Gasteiger partial charge is 0.304 e. The van der Waals surface area contributed by atoms with Crippen LogP contribution in [0.2, 0.25) is 0 Å². The molecule has 1 amide bonds. The van der Waals surface area contributed by atoms with Crippen molar-refractivity contribution in [2.45, 2.75) is 20.0 Å². The second kappa shape index (κ2) is 7.87. The van der Waals surface area contributed by atoms with E-state index in [9.17, 15) is 4.79 Å². The SMILES string of the molecule is Cc1c(C(=O)Nc2ccn(Cc3ccccc3)n2)nnn1Cc1ccccc1. The van der Waals surface area contributed by atoms with Gasteiger partial charge < -0.3 is 5.32 Å². The van der Waals surface area contributed by atoms with Gasteiger partial charge in [-0.2, -0.15) is 5.10 Å². The summed E-state index contributed by atoms with van der Waals surface area (Å²) >= 11 is 0. The van der Waals surface area contributed by atoms with Gasteiger partial charge in [-0.15, -0.1) is 5.10 Å². The predicted molar refractivity (Wildman–Crippen MR) is 106 cm³/mol. The Labute approximate surface area is 162 Å². The molecule has 7 nitrogen and oxygen atoms in total. The van der Waals surface area contributed by atoms with Crippen molar-refractivity contribution in [3.63, 3.8) is 0 Å². The van der Waals surface area contributed by atoms with Crippen molar-refractivity contribution in [3.8, 4) is 0 Å². The Morgan fingerprint density at radius 3 is 2.25 bits per heavy atom. The van der Waals surface area contributed by atoms with Gasteiger partial charge in [0.05, 0.1) is 18.8 Å². The fourth-order valence-electron chi connectivity index (χ4n) is 2.94. The number of benzene rings is 2. The van der Waals surface area contributed by atoms with Crippen LogP contribution < -0.4 is 5.32 Å². The van der Waals surface area contributed by atoms with Crippen LogP contribution in [0.4, 0.5) is 5.82 Å². The molecule has 0 saturated carbocycles.